The zero-order chi connectivity index (χ0) is 16.7. The average Bonchev–Trinajstić information content (AvgIpc) is 3.10. The van der Waals surface area contributed by atoms with Crippen molar-refractivity contribution in [2.75, 3.05) is 6.61 Å². The molecule has 1 heterocycles. The fourth-order valence-corrected chi connectivity index (χ4v) is 3.26. The quantitative estimate of drug-likeness (QED) is 0.755. The molecule has 5 heteroatoms. The number of aromatic hydroxyl groups is 2. The van der Waals surface area contributed by atoms with E-state index >= 15 is 0 Å². The molecule has 0 unspecified atom stereocenters. The standard InChI is InChI=1S/C19H15NO4/c21-17-9-10-18(22)20(17)19(23)24-11-16-14-7-3-1-5-12(14)13-6-2-4-8-15(13)16/h1-10,16,21-22H,11H2. The van der Waals surface area contributed by atoms with Crippen LogP contribution in [0.25, 0.3) is 11.1 Å². The molecular formula is C19H15NO4. The molecule has 5 nitrogen and oxygen atoms in total. The molecule has 120 valence electrons. The first-order chi connectivity index (χ1) is 11.7. The van der Waals surface area contributed by atoms with Crippen LogP contribution in [0.1, 0.15) is 17.0 Å². The molecule has 24 heavy (non-hydrogen) atoms. The molecule has 0 radical (unpaired) electrons. The summed E-state index contributed by atoms with van der Waals surface area (Å²) in [7, 11) is 0. The van der Waals surface area contributed by atoms with Gasteiger partial charge in [0, 0.05) is 18.1 Å². The number of benzene rings is 2. The fourth-order valence-electron chi connectivity index (χ4n) is 3.26. The van der Waals surface area contributed by atoms with Crippen LogP contribution in [0, 0.1) is 0 Å². The Hall–Kier alpha value is -3.21. The molecule has 0 bridgehead atoms. The van der Waals surface area contributed by atoms with Crippen LogP contribution < -0.4 is 0 Å². The molecule has 0 saturated carbocycles. The molecule has 0 amide bonds. The van der Waals surface area contributed by atoms with Gasteiger partial charge in [-0.25, -0.2) is 4.79 Å². The Labute approximate surface area is 138 Å². The second kappa shape index (κ2) is 5.45. The Bertz CT molecular complexity index is 864. The average molecular weight is 321 g/mol. The Kier molecular flexibility index (Phi) is 3.27. The highest BCUT2D eigenvalue weighted by Gasteiger charge is 2.29. The van der Waals surface area contributed by atoms with Gasteiger partial charge in [0.25, 0.3) is 0 Å². The first kappa shape index (κ1) is 14.4. The highest BCUT2D eigenvalue weighted by atomic mass is 16.6. The van der Waals surface area contributed by atoms with Crippen molar-refractivity contribution in [2.24, 2.45) is 0 Å². The number of fused-ring (bicyclic) bond motifs is 3. The lowest BCUT2D eigenvalue weighted by molar-refractivity contribution is 0.139. The molecule has 0 aliphatic heterocycles. The van der Waals surface area contributed by atoms with Crippen LogP contribution in [0.4, 0.5) is 4.79 Å². The van der Waals surface area contributed by atoms with Crippen molar-refractivity contribution in [2.45, 2.75) is 5.92 Å². The van der Waals surface area contributed by atoms with Gasteiger partial charge in [-0.1, -0.05) is 48.5 Å². The van der Waals surface area contributed by atoms with E-state index in [1.165, 1.54) is 12.1 Å². The van der Waals surface area contributed by atoms with Gasteiger partial charge in [0.1, 0.15) is 6.61 Å². The summed E-state index contributed by atoms with van der Waals surface area (Å²) in [5.41, 5.74) is 4.49. The predicted octanol–water partition coefficient (Wildman–Crippen LogP) is 3.70. The van der Waals surface area contributed by atoms with Crippen molar-refractivity contribution in [3.05, 3.63) is 71.8 Å². The van der Waals surface area contributed by atoms with E-state index in [1.54, 1.807) is 0 Å². The predicted molar refractivity (Wildman–Crippen MR) is 88.2 cm³/mol. The molecule has 2 N–H and O–H groups in total. The van der Waals surface area contributed by atoms with Gasteiger partial charge < -0.3 is 14.9 Å². The van der Waals surface area contributed by atoms with E-state index in [2.05, 4.69) is 12.1 Å². The summed E-state index contributed by atoms with van der Waals surface area (Å²) in [4.78, 5) is 12.1. The first-order valence-corrected chi connectivity index (χ1v) is 7.62. The zero-order valence-electron chi connectivity index (χ0n) is 12.7. The Morgan fingerprint density at radius 2 is 1.38 bits per heavy atom. The van der Waals surface area contributed by atoms with Crippen molar-refractivity contribution in [1.82, 2.24) is 4.57 Å². The van der Waals surface area contributed by atoms with Gasteiger partial charge in [-0.15, -0.1) is 0 Å². The monoisotopic (exact) mass is 321 g/mol. The molecule has 2 aromatic carbocycles. The number of aromatic nitrogens is 1. The lowest BCUT2D eigenvalue weighted by atomic mass is 9.98. The largest absolute Gasteiger partial charge is 0.494 e. The minimum Gasteiger partial charge on any atom is -0.494 e. The molecule has 1 aliphatic rings. The lowest BCUT2D eigenvalue weighted by Crippen LogP contribution is -2.17. The molecule has 1 aromatic heterocycles. The highest BCUT2D eigenvalue weighted by molar-refractivity contribution is 5.79. The van der Waals surface area contributed by atoms with Crippen LogP contribution in [-0.4, -0.2) is 27.5 Å². The smallest absolute Gasteiger partial charge is 0.423 e. The second-order valence-corrected chi connectivity index (χ2v) is 5.69. The van der Waals surface area contributed by atoms with Gasteiger partial charge in [0.2, 0.25) is 11.8 Å². The molecule has 1 aliphatic carbocycles. The van der Waals surface area contributed by atoms with E-state index in [1.807, 2.05) is 36.4 Å². The van der Waals surface area contributed by atoms with E-state index < -0.39 is 6.09 Å². The third-order valence-corrected chi connectivity index (χ3v) is 4.36. The summed E-state index contributed by atoms with van der Waals surface area (Å²) < 4.78 is 6.08. The maximum absolute atomic E-state index is 12.1. The summed E-state index contributed by atoms with van der Waals surface area (Å²) >= 11 is 0. The summed E-state index contributed by atoms with van der Waals surface area (Å²) in [6, 6.07) is 18.5. The maximum Gasteiger partial charge on any atom is 0.423 e. The van der Waals surface area contributed by atoms with Gasteiger partial charge in [0.15, 0.2) is 0 Å². The van der Waals surface area contributed by atoms with E-state index in [9.17, 15) is 15.0 Å². The van der Waals surface area contributed by atoms with Crippen LogP contribution in [0.5, 0.6) is 11.8 Å². The number of carbonyl (C=O) groups is 1. The zero-order valence-corrected chi connectivity index (χ0v) is 12.7. The second-order valence-electron chi connectivity index (χ2n) is 5.69. The highest BCUT2D eigenvalue weighted by Crippen LogP contribution is 2.44. The molecule has 3 aromatic rings. The number of nitrogens with zero attached hydrogens (tertiary/aromatic N) is 1. The number of carbonyl (C=O) groups excluding carboxylic acids is 1. The van der Waals surface area contributed by atoms with E-state index in [0.29, 0.717) is 0 Å². The molecule has 4 rings (SSSR count). The number of hydrogen-bond acceptors (Lipinski definition) is 4. The molecule has 0 spiro atoms. The van der Waals surface area contributed by atoms with Crippen molar-refractivity contribution in [1.29, 1.82) is 0 Å². The lowest BCUT2D eigenvalue weighted by Gasteiger charge is -2.14. The summed E-state index contributed by atoms with van der Waals surface area (Å²) in [5, 5.41) is 19.2. The van der Waals surface area contributed by atoms with Crippen molar-refractivity contribution in [3.63, 3.8) is 0 Å². The Balaban J connectivity index is 1.62. The van der Waals surface area contributed by atoms with Gasteiger partial charge in [-0.05, 0) is 22.3 Å². The third kappa shape index (κ3) is 2.13. The van der Waals surface area contributed by atoms with Gasteiger partial charge >= 0.3 is 6.09 Å². The third-order valence-electron chi connectivity index (χ3n) is 4.36. The fraction of sp³-hybridized carbons (Fsp3) is 0.105. The maximum atomic E-state index is 12.1. The minimum atomic E-state index is -0.808. The minimum absolute atomic E-state index is 0.0683. The van der Waals surface area contributed by atoms with Gasteiger partial charge in [-0.2, -0.15) is 4.57 Å². The summed E-state index contributed by atoms with van der Waals surface area (Å²) in [6.07, 6.45) is -0.808. The Morgan fingerprint density at radius 3 is 1.92 bits per heavy atom. The van der Waals surface area contributed by atoms with Gasteiger partial charge in [0.05, 0.1) is 0 Å². The SMILES string of the molecule is O=C(OCC1c2ccccc2-c2ccccc21)n1c(O)ccc1O. The topological polar surface area (TPSA) is 71.7 Å². The Morgan fingerprint density at radius 1 is 0.875 bits per heavy atom. The van der Waals surface area contributed by atoms with Crippen LogP contribution in [0.3, 0.4) is 0 Å². The van der Waals surface area contributed by atoms with Crippen LogP contribution in [-0.2, 0) is 4.74 Å². The van der Waals surface area contributed by atoms with Gasteiger partial charge in [-0.3, -0.25) is 0 Å². The molecular weight excluding hydrogens is 306 g/mol. The van der Waals surface area contributed by atoms with Crippen molar-refractivity contribution < 1.29 is 19.7 Å². The van der Waals surface area contributed by atoms with Crippen molar-refractivity contribution >= 4 is 6.09 Å². The van der Waals surface area contributed by atoms with Crippen LogP contribution >= 0.6 is 0 Å². The summed E-state index contributed by atoms with van der Waals surface area (Å²) in [5.74, 6) is -0.782. The van der Waals surface area contributed by atoms with Crippen molar-refractivity contribution in [3.8, 4) is 22.9 Å². The molecule has 0 fully saturated rings. The molecule has 0 atom stereocenters. The number of ether oxygens (including phenoxy) is 1. The van der Waals surface area contributed by atoms with E-state index in [-0.39, 0.29) is 24.3 Å². The van der Waals surface area contributed by atoms with Crippen LogP contribution in [0.2, 0.25) is 0 Å². The van der Waals surface area contributed by atoms with E-state index in [0.717, 1.165) is 26.8 Å². The number of rotatable bonds is 2. The van der Waals surface area contributed by atoms with Crippen LogP contribution in [0.15, 0.2) is 60.7 Å². The normalized spacial score (nSPS) is 12.7. The number of hydrogen-bond donors (Lipinski definition) is 2. The summed E-state index contributed by atoms with van der Waals surface area (Å²) in [6.45, 7) is 0.129. The molecule has 0 saturated heterocycles. The first-order valence-electron chi connectivity index (χ1n) is 7.62. The van der Waals surface area contributed by atoms with E-state index in [4.69, 9.17) is 4.74 Å².